The molecule has 1 aliphatic rings. The fourth-order valence-corrected chi connectivity index (χ4v) is 4.41. The Morgan fingerprint density at radius 2 is 1.88 bits per heavy atom. The van der Waals surface area contributed by atoms with E-state index in [2.05, 4.69) is 5.32 Å². The van der Waals surface area contributed by atoms with Gasteiger partial charge in [-0.3, -0.25) is 9.59 Å². The fraction of sp³-hybridized carbons (Fsp3) is 0.360. The van der Waals surface area contributed by atoms with Crippen molar-refractivity contribution in [2.24, 2.45) is 7.05 Å². The van der Waals surface area contributed by atoms with Crippen molar-refractivity contribution in [2.45, 2.75) is 31.7 Å². The van der Waals surface area contributed by atoms with Crippen LogP contribution in [0.3, 0.4) is 0 Å². The van der Waals surface area contributed by atoms with E-state index in [1.54, 1.807) is 19.1 Å². The zero-order valence-corrected chi connectivity index (χ0v) is 19.0. The highest BCUT2D eigenvalue weighted by Crippen LogP contribution is 2.33. The Hall–Kier alpha value is -3.48. The van der Waals surface area contributed by atoms with Crippen LogP contribution in [0.25, 0.3) is 10.9 Å². The van der Waals surface area contributed by atoms with Crippen LogP contribution in [0.1, 0.15) is 25.3 Å². The number of likely N-dealkylation sites (tertiary alicyclic amines) is 1. The van der Waals surface area contributed by atoms with Crippen LogP contribution >= 0.6 is 0 Å². The highest BCUT2D eigenvalue weighted by molar-refractivity contribution is 6.03. The summed E-state index contributed by atoms with van der Waals surface area (Å²) in [6, 6.07) is 13.6. The van der Waals surface area contributed by atoms with E-state index in [0.29, 0.717) is 37.3 Å². The maximum Gasteiger partial charge on any atom is 0.250 e. The van der Waals surface area contributed by atoms with Crippen molar-refractivity contribution >= 4 is 28.4 Å². The lowest BCUT2D eigenvalue weighted by Gasteiger charge is -2.34. The molecule has 1 N–H and O–H groups in total. The second kappa shape index (κ2) is 8.57. The molecule has 7 nitrogen and oxygen atoms in total. The van der Waals surface area contributed by atoms with E-state index in [9.17, 15) is 9.59 Å². The van der Waals surface area contributed by atoms with Crippen molar-refractivity contribution in [3.05, 3.63) is 54.2 Å². The van der Waals surface area contributed by atoms with Crippen LogP contribution in [0.15, 0.2) is 48.7 Å². The van der Waals surface area contributed by atoms with Gasteiger partial charge in [0, 0.05) is 42.8 Å². The molecule has 1 atom stereocenters. The first-order valence-corrected chi connectivity index (χ1v) is 10.7. The van der Waals surface area contributed by atoms with Crippen molar-refractivity contribution < 1.29 is 19.1 Å². The molecule has 2 amide bonds. The molecular formula is C25H29N3O4. The van der Waals surface area contributed by atoms with Gasteiger partial charge >= 0.3 is 0 Å². The van der Waals surface area contributed by atoms with E-state index in [1.807, 2.05) is 67.2 Å². The molecule has 1 aliphatic heterocycles. The Morgan fingerprint density at radius 1 is 1.09 bits per heavy atom. The number of rotatable bonds is 7. The van der Waals surface area contributed by atoms with E-state index < -0.39 is 5.54 Å². The predicted molar refractivity (Wildman–Crippen MR) is 124 cm³/mol. The largest absolute Gasteiger partial charge is 0.493 e. The standard InChI is InChI=1S/C25H29N3O4/c1-25(24(30)26-19-6-7-20-18(16-19)11-13-27(20)2)12-9-23(29)28(25)14-10-17-5-8-21(31-3)22(15-17)32-4/h5-8,11,13,15-16H,9-10,12,14H2,1-4H3,(H,26,30)/t25-/m0/s1. The molecule has 0 radical (unpaired) electrons. The monoisotopic (exact) mass is 435 g/mol. The molecule has 168 valence electrons. The number of hydrogen-bond acceptors (Lipinski definition) is 4. The third-order valence-electron chi connectivity index (χ3n) is 6.43. The minimum Gasteiger partial charge on any atom is -0.493 e. The minimum absolute atomic E-state index is 0.00152. The molecule has 0 bridgehead atoms. The summed E-state index contributed by atoms with van der Waals surface area (Å²) < 4.78 is 12.7. The maximum absolute atomic E-state index is 13.3. The van der Waals surface area contributed by atoms with Gasteiger partial charge in [-0.15, -0.1) is 0 Å². The molecule has 1 aromatic heterocycles. The number of aryl methyl sites for hydroxylation is 1. The van der Waals surface area contributed by atoms with Crippen molar-refractivity contribution in [3.63, 3.8) is 0 Å². The first kappa shape index (κ1) is 21.7. The van der Waals surface area contributed by atoms with Crippen molar-refractivity contribution in [3.8, 4) is 11.5 Å². The average molecular weight is 436 g/mol. The normalized spacial score (nSPS) is 18.2. The number of nitrogens with one attached hydrogen (secondary N) is 1. The number of aromatic nitrogens is 1. The number of hydrogen-bond donors (Lipinski definition) is 1. The molecular weight excluding hydrogens is 406 g/mol. The number of amides is 2. The summed E-state index contributed by atoms with van der Waals surface area (Å²) in [5.41, 5.74) is 1.95. The Bertz CT molecular complexity index is 1170. The second-order valence-electron chi connectivity index (χ2n) is 8.41. The van der Waals surface area contributed by atoms with E-state index in [0.717, 1.165) is 22.2 Å². The molecule has 2 heterocycles. The van der Waals surface area contributed by atoms with Gasteiger partial charge in [0.2, 0.25) is 11.8 Å². The topological polar surface area (TPSA) is 72.8 Å². The molecule has 0 unspecified atom stereocenters. The highest BCUT2D eigenvalue weighted by atomic mass is 16.5. The van der Waals surface area contributed by atoms with Gasteiger partial charge in [0.15, 0.2) is 11.5 Å². The van der Waals surface area contributed by atoms with Crippen molar-refractivity contribution in [1.82, 2.24) is 9.47 Å². The van der Waals surface area contributed by atoms with Crippen LogP contribution < -0.4 is 14.8 Å². The summed E-state index contributed by atoms with van der Waals surface area (Å²) >= 11 is 0. The van der Waals surface area contributed by atoms with Gasteiger partial charge in [-0.05, 0) is 61.7 Å². The summed E-state index contributed by atoms with van der Waals surface area (Å²) in [6.45, 7) is 2.30. The molecule has 0 aliphatic carbocycles. The molecule has 0 spiro atoms. The lowest BCUT2D eigenvalue weighted by Crippen LogP contribution is -2.52. The molecule has 2 aromatic carbocycles. The summed E-state index contributed by atoms with van der Waals surface area (Å²) in [5.74, 6) is 1.15. The quantitative estimate of drug-likeness (QED) is 0.613. The number of ether oxygens (including phenoxy) is 2. The summed E-state index contributed by atoms with van der Waals surface area (Å²) in [5, 5.41) is 4.09. The molecule has 3 aromatic rings. The SMILES string of the molecule is COc1ccc(CCN2C(=O)CC[C@@]2(C)C(=O)Nc2ccc3c(ccn3C)c2)cc1OC. The number of anilines is 1. The maximum atomic E-state index is 13.3. The van der Waals surface area contributed by atoms with Crippen LogP contribution in [-0.2, 0) is 23.1 Å². The third-order valence-corrected chi connectivity index (χ3v) is 6.43. The van der Waals surface area contributed by atoms with Crippen LogP contribution in [-0.4, -0.2) is 47.6 Å². The van der Waals surface area contributed by atoms with Crippen LogP contribution in [0, 0.1) is 0 Å². The van der Waals surface area contributed by atoms with Crippen LogP contribution in [0.2, 0.25) is 0 Å². The molecule has 32 heavy (non-hydrogen) atoms. The van der Waals surface area contributed by atoms with Gasteiger partial charge in [-0.25, -0.2) is 0 Å². The molecule has 0 saturated carbocycles. The smallest absolute Gasteiger partial charge is 0.250 e. The lowest BCUT2D eigenvalue weighted by atomic mass is 9.96. The van der Waals surface area contributed by atoms with Crippen molar-refractivity contribution in [1.29, 1.82) is 0 Å². The van der Waals surface area contributed by atoms with Gasteiger partial charge in [0.1, 0.15) is 5.54 Å². The van der Waals surface area contributed by atoms with Gasteiger partial charge in [0.25, 0.3) is 0 Å². The average Bonchev–Trinajstić information content (AvgIpc) is 3.31. The van der Waals surface area contributed by atoms with Gasteiger partial charge < -0.3 is 24.3 Å². The number of fused-ring (bicyclic) bond motifs is 1. The Morgan fingerprint density at radius 3 is 2.62 bits per heavy atom. The lowest BCUT2D eigenvalue weighted by molar-refractivity contribution is -0.137. The first-order chi connectivity index (χ1) is 15.4. The van der Waals surface area contributed by atoms with E-state index in [-0.39, 0.29) is 11.8 Å². The summed E-state index contributed by atoms with van der Waals surface area (Å²) in [6.07, 6.45) is 3.47. The van der Waals surface area contributed by atoms with Gasteiger partial charge in [-0.2, -0.15) is 0 Å². The molecule has 4 rings (SSSR count). The zero-order valence-electron chi connectivity index (χ0n) is 19.0. The Kier molecular flexibility index (Phi) is 5.82. The molecule has 1 saturated heterocycles. The molecule has 1 fully saturated rings. The number of carbonyl (C=O) groups is 2. The van der Waals surface area contributed by atoms with E-state index >= 15 is 0 Å². The van der Waals surface area contributed by atoms with Crippen molar-refractivity contribution in [2.75, 3.05) is 26.1 Å². The van der Waals surface area contributed by atoms with E-state index in [4.69, 9.17) is 9.47 Å². The third kappa shape index (κ3) is 3.90. The van der Waals surface area contributed by atoms with Gasteiger partial charge in [0.05, 0.1) is 14.2 Å². The Labute approximate surface area is 187 Å². The number of benzene rings is 2. The number of nitrogens with zero attached hydrogens (tertiary/aromatic N) is 2. The molecule has 7 heteroatoms. The predicted octanol–water partition coefficient (Wildman–Crippen LogP) is 3.76. The Balaban J connectivity index is 1.49. The second-order valence-corrected chi connectivity index (χ2v) is 8.41. The number of carbonyl (C=O) groups excluding carboxylic acids is 2. The van der Waals surface area contributed by atoms with Crippen LogP contribution in [0.5, 0.6) is 11.5 Å². The number of methoxy groups -OCH3 is 2. The first-order valence-electron chi connectivity index (χ1n) is 10.7. The fourth-order valence-electron chi connectivity index (χ4n) is 4.41. The summed E-state index contributed by atoms with van der Waals surface area (Å²) in [4.78, 5) is 27.7. The highest BCUT2D eigenvalue weighted by Gasteiger charge is 2.47. The zero-order chi connectivity index (χ0) is 22.9. The van der Waals surface area contributed by atoms with Crippen LogP contribution in [0.4, 0.5) is 5.69 Å². The summed E-state index contributed by atoms with van der Waals surface area (Å²) in [7, 11) is 5.18. The minimum atomic E-state index is -0.890. The van der Waals surface area contributed by atoms with E-state index in [1.165, 1.54) is 0 Å². The van der Waals surface area contributed by atoms with Gasteiger partial charge in [-0.1, -0.05) is 6.07 Å².